The van der Waals surface area contributed by atoms with Crippen LogP contribution in [0.4, 0.5) is 0 Å². The zero-order chi connectivity index (χ0) is 14.9. The predicted octanol–water partition coefficient (Wildman–Crippen LogP) is 1.87. The molecule has 20 heavy (non-hydrogen) atoms. The molecule has 0 radical (unpaired) electrons. The van der Waals surface area contributed by atoms with Gasteiger partial charge in [-0.2, -0.15) is 8.42 Å². The molecule has 1 aliphatic carbocycles. The topological polar surface area (TPSA) is 79.8 Å². The summed E-state index contributed by atoms with van der Waals surface area (Å²) in [6.07, 6.45) is 5.41. The van der Waals surface area contributed by atoms with Gasteiger partial charge in [0.05, 0.1) is 12.1 Å². The number of hydrogen-bond acceptors (Lipinski definition) is 5. The van der Waals surface area contributed by atoms with E-state index in [0.717, 1.165) is 25.7 Å². The molecular weight excluding hydrogens is 349 g/mol. The monoisotopic (exact) mass is 363 g/mol. The van der Waals surface area contributed by atoms with Crippen LogP contribution in [0.5, 0.6) is 0 Å². The van der Waals surface area contributed by atoms with Gasteiger partial charge in [0, 0.05) is 0 Å². The fraction of sp³-hybridized carbons (Fsp3) is 0.900. The minimum atomic E-state index is -4.05. The van der Waals surface area contributed by atoms with Crippen molar-refractivity contribution < 1.29 is 12.6 Å². The molecule has 0 amide bonds. The second-order valence-electron chi connectivity index (χ2n) is 5.06. The number of nitrogens with zero attached hydrogens (tertiary/aromatic N) is 1. The van der Waals surface area contributed by atoms with E-state index in [-0.39, 0.29) is 11.5 Å². The second kappa shape index (κ2) is 6.04. The predicted molar refractivity (Wildman–Crippen MR) is 79.6 cm³/mol. The number of hydrogen-bond donors (Lipinski definition) is 2. The summed E-state index contributed by atoms with van der Waals surface area (Å²) in [5.41, 5.74) is -0.120. The van der Waals surface area contributed by atoms with Gasteiger partial charge in [0.1, 0.15) is 6.61 Å². The Labute approximate surface area is 133 Å². The molecule has 0 aromatic heterocycles. The fourth-order valence-corrected chi connectivity index (χ4v) is 3.52. The highest BCUT2D eigenvalue weighted by atomic mass is 35.6. The third kappa shape index (κ3) is 4.80. The Bertz CT molecular complexity index is 484. The number of guanidine groups is 1. The van der Waals surface area contributed by atoms with Crippen molar-refractivity contribution in [2.75, 3.05) is 13.2 Å². The molecule has 0 saturated heterocycles. The number of halogens is 3. The molecule has 0 aromatic carbocycles. The highest BCUT2D eigenvalue weighted by Gasteiger charge is 2.37. The van der Waals surface area contributed by atoms with Gasteiger partial charge in [0.15, 0.2) is 0 Å². The normalized spacial score (nSPS) is 22.4. The Morgan fingerprint density at radius 1 is 1.30 bits per heavy atom. The Morgan fingerprint density at radius 3 is 2.55 bits per heavy atom. The maximum atomic E-state index is 11.7. The third-order valence-corrected chi connectivity index (χ3v) is 4.53. The van der Waals surface area contributed by atoms with E-state index in [9.17, 15) is 8.42 Å². The first-order valence-corrected chi connectivity index (χ1v) is 8.81. The van der Waals surface area contributed by atoms with Gasteiger partial charge in [0.25, 0.3) is 0 Å². The summed E-state index contributed by atoms with van der Waals surface area (Å²) >= 11 is 16.3. The Kier molecular flexibility index (Phi) is 4.96. The van der Waals surface area contributed by atoms with Crippen molar-refractivity contribution in [1.29, 1.82) is 0 Å². The van der Waals surface area contributed by atoms with Gasteiger partial charge in [-0.3, -0.25) is 0 Å². The summed E-state index contributed by atoms with van der Waals surface area (Å²) < 4.78 is 28.3. The number of alkyl halides is 3. The summed E-state index contributed by atoms with van der Waals surface area (Å²) in [6.45, 7) is 0.000726. The van der Waals surface area contributed by atoms with Crippen molar-refractivity contribution in [2.24, 2.45) is 4.99 Å². The summed E-state index contributed by atoms with van der Waals surface area (Å²) in [6, 6.07) is 0. The zero-order valence-corrected chi connectivity index (χ0v) is 13.7. The lowest BCUT2D eigenvalue weighted by molar-refractivity contribution is 0.287. The van der Waals surface area contributed by atoms with Gasteiger partial charge < -0.3 is 5.32 Å². The van der Waals surface area contributed by atoms with Crippen LogP contribution in [-0.4, -0.2) is 36.9 Å². The molecule has 10 heteroatoms. The first-order valence-electron chi connectivity index (χ1n) is 6.26. The molecule has 1 fully saturated rings. The molecule has 2 rings (SSSR count). The molecule has 1 saturated carbocycles. The highest BCUT2D eigenvalue weighted by molar-refractivity contribution is 7.85. The van der Waals surface area contributed by atoms with E-state index in [4.69, 9.17) is 34.8 Å². The van der Waals surface area contributed by atoms with E-state index in [0.29, 0.717) is 6.54 Å². The van der Waals surface area contributed by atoms with Crippen molar-refractivity contribution in [3.05, 3.63) is 0 Å². The van der Waals surface area contributed by atoms with Crippen LogP contribution in [0.3, 0.4) is 0 Å². The van der Waals surface area contributed by atoms with E-state index < -0.39 is 20.7 Å². The smallest absolute Gasteiger partial charge is 0.348 e. The van der Waals surface area contributed by atoms with Gasteiger partial charge in [-0.25, -0.2) is 13.9 Å². The van der Waals surface area contributed by atoms with E-state index in [1.54, 1.807) is 0 Å². The van der Waals surface area contributed by atoms with Crippen molar-refractivity contribution in [1.82, 2.24) is 10.0 Å². The second-order valence-corrected chi connectivity index (χ2v) is 8.93. The largest absolute Gasteiger partial charge is 0.362 e. The van der Waals surface area contributed by atoms with E-state index in [2.05, 4.69) is 19.2 Å². The van der Waals surface area contributed by atoms with Gasteiger partial charge in [-0.05, 0) is 12.8 Å². The van der Waals surface area contributed by atoms with E-state index in [1.807, 2.05) is 0 Å². The zero-order valence-electron chi connectivity index (χ0n) is 10.7. The van der Waals surface area contributed by atoms with Crippen LogP contribution in [0.1, 0.15) is 32.1 Å². The Hall–Kier alpha value is 0.0500. The summed E-state index contributed by atoms with van der Waals surface area (Å²) in [4.78, 5) is 4.18. The van der Waals surface area contributed by atoms with Crippen molar-refractivity contribution in [2.45, 2.75) is 41.4 Å². The summed E-state index contributed by atoms with van der Waals surface area (Å²) in [5.74, 6) is 0.191. The molecule has 0 atom stereocenters. The summed E-state index contributed by atoms with van der Waals surface area (Å²) in [7, 11) is -4.05. The Morgan fingerprint density at radius 2 is 1.95 bits per heavy atom. The summed E-state index contributed by atoms with van der Waals surface area (Å²) in [5, 5.41) is 3.14. The number of nitrogens with one attached hydrogen (secondary N) is 2. The van der Waals surface area contributed by atoms with Crippen molar-refractivity contribution >= 4 is 51.1 Å². The molecule has 6 nitrogen and oxygen atoms in total. The molecule has 0 aromatic rings. The molecule has 2 N–H and O–H groups in total. The van der Waals surface area contributed by atoms with Crippen LogP contribution < -0.4 is 10.0 Å². The first kappa shape index (κ1) is 16.4. The fourth-order valence-electron chi connectivity index (χ4n) is 2.42. The van der Waals surface area contributed by atoms with Crippen LogP contribution >= 0.6 is 34.8 Å². The maximum Gasteiger partial charge on any atom is 0.362 e. The highest BCUT2D eigenvalue weighted by Crippen LogP contribution is 2.30. The van der Waals surface area contributed by atoms with Gasteiger partial charge >= 0.3 is 10.3 Å². The van der Waals surface area contributed by atoms with Crippen molar-refractivity contribution in [3.8, 4) is 0 Å². The van der Waals surface area contributed by atoms with E-state index >= 15 is 0 Å². The van der Waals surface area contributed by atoms with Crippen LogP contribution in [0, 0.1) is 0 Å². The molecule has 116 valence electrons. The molecule has 1 spiro atoms. The average Bonchev–Trinajstić information content (AvgIpc) is 2.69. The molecule has 1 heterocycles. The standard InChI is InChI=1S/C10H16Cl3N3O3S/c11-10(12,13)7-19-20(17,18)16-8-14-6-9(15-8)4-2-1-3-5-9/h1-7H2,(H2,14,15,16). The average molecular weight is 365 g/mol. The lowest BCUT2D eigenvalue weighted by Crippen LogP contribution is -2.51. The molecule has 1 aliphatic heterocycles. The van der Waals surface area contributed by atoms with E-state index in [1.165, 1.54) is 6.42 Å². The SMILES string of the molecule is O=S(=O)(NC1=NCC2(CCCCC2)N1)OCC(Cl)(Cl)Cl. The maximum absolute atomic E-state index is 11.7. The van der Waals surface area contributed by atoms with Crippen molar-refractivity contribution in [3.63, 3.8) is 0 Å². The lowest BCUT2D eigenvalue weighted by atomic mass is 9.82. The molecule has 2 aliphatic rings. The minimum Gasteiger partial charge on any atom is -0.348 e. The van der Waals surface area contributed by atoms with Crippen LogP contribution in [0.25, 0.3) is 0 Å². The van der Waals surface area contributed by atoms with Crippen LogP contribution in [0.15, 0.2) is 4.99 Å². The Balaban J connectivity index is 1.88. The minimum absolute atomic E-state index is 0.120. The first-order chi connectivity index (χ1) is 9.20. The van der Waals surface area contributed by atoms with Gasteiger partial charge in [-0.15, -0.1) is 0 Å². The lowest BCUT2D eigenvalue weighted by Gasteiger charge is -2.33. The van der Waals surface area contributed by atoms with Crippen LogP contribution in [-0.2, 0) is 14.5 Å². The molecular formula is C10H16Cl3N3O3S. The number of rotatable bonds is 3. The number of aliphatic imine (C=N–C) groups is 1. The quantitative estimate of drug-likeness (QED) is 0.749. The van der Waals surface area contributed by atoms with Gasteiger partial charge in [-0.1, -0.05) is 54.1 Å². The molecule has 0 unspecified atom stereocenters. The van der Waals surface area contributed by atoms with Crippen LogP contribution in [0.2, 0.25) is 0 Å². The molecule has 0 bridgehead atoms. The van der Waals surface area contributed by atoms with Gasteiger partial charge in [0.2, 0.25) is 9.75 Å². The third-order valence-electron chi connectivity index (χ3n) is 3.33.